The van der Waals surface area contributed by atoms with Gasteiger partial charge in [-0.25, -0.2) is 0 Å². The molecule has 0 saturated heterocycles. The average Bonchev–Trinajstić information content (AvgIpc) is 2.56. The number of nitrogens with zero attached hydrogens (tertiary/aromatic N) is 2. The van der Waals surface area contributed by atoms with Crippen LogP contribution in [0.25, 0.3) is 0 Å². The molecule has 1 aromatic carbocycles. The van der Waals surface area contributed by atoms with E-state index in [1.165, 1.54) is 5.56 Å². The van der Waals surface area contributed by atoms with Gasteiger partial charge in [0.25, 0.3) is 0 Å². The molecule has 3 nitrogen and oxygen atoms in total. The van der Waals surface area contributed by atoms with E-state index in [1.54, 1.807) is 0 Å². The highest BCUT2D eigenvalue weighted by Gasteiger charge is 2.08. The molecular weight excluding hydrogens is 358 g/mol. The van der Waals surface area contributed by atoms with E-state index in [-0.39, 0.29) is 0 Å². The van der Waals surface area contributed by atoms with Crippen molar-refractivity contribution in [2.45, 2.75) is 20.4 Å². The molecule has 1 N–H and O–H groups in total. The van der Waals surface area contributed by atoms with Crippen molar-refractivity contribution < 1.29 is 0 Å². The molecule has 0 aliphatic heterocycles. The third-order valence-corrected chi connectivity index (χ3v) is 4.84. The maximum atomic E-state index is 4.39. The van der Waals surface area contributed by atoms with E-state index in [0.717, 1.165) is 32.6 Å². The summed E-state index contributed by atoms with van der Waals surface area (Å²) in [6.07, 6.45) is 0. The van der Waals surface area contributed by atoms with E-state index in [0.29, 0.717) is 0 Å². The van der Waals surface area contributed by atoms with Crippen LogP contribution < -0.4 is 5.32 Å². The summed E-state index contributed by atoms with van der Waals surface area (Å²) in [6, 6.07) is 6.26. The van der Waals surface area contributed by atoms with E-state index in [9.17, 15) is 0 Å². The Kier molecular flexibility index (Phi) is 4.12. The van der Waals surface area contributed by atoms with Crippen LogP contribution in [-0.4, -0.2) is 9.78 Å². The Morgan fingerprint density at radius 3 is 2.50 bits per heavy atom. The van der Waals surface area contributed by atoms with E-state index in [4.69, 9.17) is 0 Å². The van der Waals surface area contributed by atoms with Gasteiger partial charge in [0.2, 0.25) is 0 Å². The molecular formula is C13H15Br2N3. The maximum Gasteiger partial charge on any atom is 0.0827 e. The number of anilines is 1. The predicted octanol–water partition coefficient (Wildman–Crippen LogP) is 4.17. The number of aromatic nitrogens is 2. The summed E-state index contributed by atoms with van der Waals surface area (Å²) in [4.78, 5) is 0. The van der Waals surface area contributed by atoms with Gasteiger partial charge in [0.15, 0.2) is 0 Å². The van der Waals surface area contributed by atoms with Crippen LogP contribution in [0, 0.1) is 13.8 Å². The molecule has 0 saturated carbocycles. The summed E-state index contributed by atoms with van der Waals surface area (Å²) < 4.78 is 4.04. The van der Waals surface area contributed by atoms with Crippen molar-refractivity contribution in [2.75, 3.05) is 5.32 Å². The van der Waals surface area contributed by atoms with Crippen LogP contribution in [0.1, 0.15) is 17.0 Å². The molecule has 0 spiro atoms. The van der Waals surface area contributed by atoms with Crippen LogP contribution in [0.4, 0.5) is 5.69 Å². The number of rotatable bonds is 3. The molecule has 0 unspecified atom stereocenters. The molecule has 18 heavy (non-hydrogen) atoms. The Balaban J connectivity index is 2.14. The van der Waals surface area contributed by atoms with Crippen molar-refractivity contribution in [1.29, 1.82) is 0 Å². The zero-order valence-corrected chi connectivity index (χ0v) is 13.8. The molecule has 0 bridgehead atoms. The zero-order chi connectivity index (χ0) is 13.3. The first kappa shape index (κ1) is 13.6. The molecule has 5 heteroatoms. The summed E-state index contributed by atoms with van der Waals surface area (Å²) in [5.74, 6) is 0. The molecule has 0 aliphatic rings. The Bertz CT molecular complexity index is 576. The van der Waals surface area contributed by atoms with Gasteiger partial charge in [-0.15, -0.1) is 0 Å². The molecule has 0 atom stereocenters. The minimum atomic E-state index is 0.791. The fourth-order valence-corrected chi connectivity index (χ4v) is 2.54. The zero-order valence-electron chi connectivity index (χ0n) is 10.6. The normalized spacial score (nSPS) is 10.7. The molecule has 96 valence electrons. The highest BCUT2D eigenvalue weighted by molar-refractivity contribution is 9.13. The van der Waals surface area contributed by atoms with E-state index in [1.807, 2.05) is 24.7 Å². The monoisotopic (exact) mass is 371 g/mol. The summed E-state index contributed by atoms with van der Waals surface area (Å²) in [5, 5.41) is 7.84. The smallest absolute Gasteiger partial charge is 0.0827 e. The fraction of sp³-hybridized carbons (Fsp3) is 0.308. The molecule has 2 aromatic rings. The van der Waals surface area contributed by atoms with Crippen molar-refractivity contribution >= 4 is 37.5 Å². The van der Waals surface area contributed by atoms with Gasteiger partial charge in [0.05, 0.1) is 17.1 Å². The van der Waals surface area contributed by atoms with Crippen LogP contribution in [0.2, 0.25) is 0 Å². The van der Waals surface area contributed by atoms with E-state index >= 15 is 0 Å². The molecule has 1 heterocycles. The minimum Gasteiger partial charge on any atom is -0.378 e. The summed E-state index contributed by atoms with van der Waals surface area (Å²) in [5.41, 5.74) is 4.54. The quantitative estimate of drug-likeness (QED) is 0.875. The minimum absolute atomic E-state index is 0.791. The second-order valence-corrected chi connectivity index (χ2v) is 5.98. The van der Waals surface area contributed by atoms with Gasteiger partial charge in [-0.2, -0.15) is 5.10 Å². The fourth-order valence-electron chi connectivity index (χ4n) is 1.87. The third kappa shape index (κ3) is 2.78. The molecule has 2 rings (SSSR count). The number of hydrogen-bond donors (Lipinski definition) is 1. The van der Waals surface area contributed by atoms with Gasteiger partial charge in [-0.1, -0.05) is 6.07 Å². The molecule has 1 aromatic heterocycles. The second-order valence-electron chi connectivity index (χ2n) is 4.27. The lowest BCUT2D eigenvalue weighted by Crippen LogP contribution is -2.01. The van der Waals surface area contributed by atoms with Gasteiger partial charge in [-0.05, 0) is 63.4 Å². The highest BCUT2D eigenvalue weighted by atomic mass is 79.9. The number of nitrogens with one attached hydrogen (secondary N) is 1. The molecule has 0 amide bonds. The van der Waals surface area contributed by atoms with Crippen molar-refractivity contribution in [3.8, 4) is 0 Å². The van der Waals surface area contributed by atoms with Gasteiger partial charge in [0, 0.05) is 22.5 Å². The lowest BCUT2D eigenvalue weighted by Gasteiger charge is -2.08. The largest absolute Gasteiger partial charge is 0.378 e. The summed E-state index contributed by atoms with van der Waals surface area (Å²) in [6.45, 7) is 4.88. The Labute approximate surface area is 124 Å². The summed E-state index contributed by atoms with van der Waals surface area (Å²) in [7, 11) is 1.96. The number of benzene rings is 1. The second kappa shape index (κ2) is 5.45. The molecule has 0 aliphatic carbocycles. The van der Waals surface area contributed by atoms with E-state index < -0.39 is 0 Å². The van der Waals surface area contributed by atoms with Crippen LogP contribution in [0.5, 0.6) is 0 Å². The summed E-state index contributed by atoms with van der Waals surface area (Å²) >= 11 is 6.99. The number of hydrogen-bond acceptors (Lipinski definition) is 2. The Hall–Kier alpha value is -0.810. The van der Waals surface area contributed by atoms with Crippen molar-refractivity contribution in [3.05, 3.63) is 44.1 Å². The van der Waals surface area contributed by atoms with Crippen LogP contribution in [-0.2, 0) is 13.6 Å². The third-order valence-electron chi connectivity index (χ3n) is 2.96. The molecule has 0 radical (unpaired) electrons. The SMILES string of the molecule is Cc1nn(C)c(C)c1NCc1ccc(Br)c(Br)c1. The first-order valence-corrected chi connectivity index (χ1v) is 7.25. The van der Waals surface area contributed by atoms with Crippen LogP contribution in [0.3, 0.4) is 0 Å². The first-order valence-electron chi connectivity index (χ1n) is 5.67. The van der Waals surface area contributed by atoms with Crippen molar-refractivity contribution in [3.63, 3.8) is 0 Å². The van der Waals surface area contributed by atoms with Crippen LogP contribution >= 0.6 is 31.9 Å². The van der Waals surface area contributed by atoms with Crippen molar-refractivity contribution in [1.82, 2.24) is 9.78 Å². The number of halogens is 2. The standard InChI is InChI=1S/C13H15Br2N3/c1-8-13(9(2)18(3)17-8)16-7-10-4-5-11(14)12(15)6-10/h4-6,16H,7H2,1-3H3. The number of aryl methyl sites for hydroxylation is 2. The lowest BCUT2D eigenvalue weighted by atomic mass is 10.2. The van der Waals surface area contributed by atoms with Gasteiger partial charge in [0.1, 0.15) is 0 Å². The Morgan fingerprint density at radius 1 is 1.22 bits per heavy atom. The van der Waals surface area contributed by atoms with Gasteiger partial charge >= 0.3 is 0 Å². The van der Waals surface area contributed by atoms with E-state index in [2.05, 4.69) is 61.3 Å². The van der Waals surface area contributed by atoms with Crippen LogP contribution in [0.15, 0.2) is 27.1 Å². The van der Waals surface area contributed by atoms with Crippen molar-refractivity contribution in [2.24, 2.45) is 7.05 Å². The molecule has 0 fully saturated rings. The lowest BCUT2D eigenvalue weighted by molar-refractivity contribution is 0.731. The highest BCUT2D eigenvalue weighted by Crippen LogP contribution is 2.25. The van der Waals surface area contributed by atoms with Gasteiger partial charge in [-0.3, -0.25) is 4.68 Å². The predicted molar refractivity (Wildman–Crippen MR) is 81.9 cm³/mol. The topological polar surface area (TPSA) is 29.9 Å². The maximum absolute atomic E-state index is 4.39. The average molecular weight is 373 g/mol. The Morgan fingerprint density at radius 2 is 1.94 bits per heavy atom. The van der Waals surface area contributed by atoms with Gasteiger partial charge < -0.3 is 5.32 Å². The first-order chi connectivity index (χ1) is 8.49.